The van der Waals surface area contributed by atoms with Crippen molar-refractivity contribution in [1.82, 2.24) is 0 Å². The molecule has 0 radical (unpaired) electrons. The van der Waals surface area contributed by atoms with E-state index in [2.05, 4.69) is 19.1 Å². The van der Waals surface area contributed by atoms with E-state index in [1.165, 1.54) is 11.1 Å². The van der Waals surface area contributed by atoms with Gasteiger partial charge in [0.2, 0.25) is 0 Å². The maximum atomic E-state index is 8.59. The van der Waals surface area contributed by atoms with Gasteiger partial charge in [-0.25, -0.2) is 0 Å². The van der Waals surface area contributed by atoms with Crippen LogP contribution in [0, 0.1) is 17.0 Å². The fourth-order valence-corrected chi connectivity index (χ4v) is 0.884. The molecular weight excluding hydrogens is 186 g/mol. The van der Waals surface area contributed by atoms with Gasteiger partial charge >= 0.3 is 0 Å². The van der Waals surface area contributed by atoms with Crippen LogP contribution in [-0.4, -0.2) is 22.0 Å². The molecule has 1 aromatic carbocycles. The molecule has 1 aromatic rings. The van der Waals surface area contributed by atoms with Crippen molar-refractivity contribution in [3.05, 3.63) is 45.5 Å². The van der Waals surface area contributed by atoms with Gasteiger partial charge in [0, 0.05) is 6.61 Å². The van der Waals surface area contributed by atoms with Gasteiger partial charge in [-0.3, -0.25) is 0 Å². The summed E-state index contributed by atoms with van der Waals surface area (Å²) in [6.07, 6.45) is 0.764. The van der Waals surface area contributed by atoms with Gasteiger partial charge in [0.25, 0.3) is 5.09 Å². The largest absolute Gasteiger partial charge is 0.396 e. The number of nitrogens with zero attached hydrogens (tertiary/aromatic N) is 1. The molecule has 0 atom stereocenters. The molecule has 0 amide bonds. The molecule has 1 rings (SSSR count). The zero-order valence-corrected chi connectivity index (χ0v) is 7.88. The first-order chi connectivity index (χ1) is 6.56. The van der Waals surface area contributed by atoms with Crippen LogP contribution in [0.3, 0.4) is 0 Å². The van der Waals surface area contributed by atoms with Crippen molar-refractivity contribution in [2.24, 2.45) is 0 Å². The third kappa shape index (κ3) is 7.05. The van der Waals surface area contributed by atoms with Gasteiger partial charge in [-0.2, -0.15) is 0 Å². The fourth-order valence-electron chi connectivity index (χ4n) is 0.884. The minimum Gasteiger partial charge on any atom is -0.396 e. The maximum absolute atomic E-state index is 8.59. The summed E-state index contributed by atoms with van der Waals surface area (Å²) in [6.45, 7) is 2.30. The second-order valence-electron chi connectivity index (χ2n) is 2.70. The molecule has 0 heterocycles. The smallest absolute Gasteiger partial charge is 0.291 e. The number of aryl methyl sites for hydroxylation is 1. The summed E-state index contributed by atoms with van der Waals surface area (Å²) in [5, 5.41) is 22.2. The van der Waals surface area contributed by atoms with Crippen LogP contribution >= 0.6 is 0 Å². The van der Waals surface area contributed by atoms with Crippen molar-refractivity contribution in [3.8, 4) is 0 Å². The third-order valence-corrected chi connectivity index (χ3v) is 1.52. The standard InChI is InChI=1S/C9H12O.HNO3/c1-8-2-4-9(5-3-8)6-7-10;2-1(3)4/h2-5,10H,6-7H2,1H3;(H,2,3,4). The molecule has 2 N–H and O–H groups in total. The molecule has 5 nitrogen and oxygen atoms in total. The van der Waals surface area contributed by atoms with E-state index in [-0.39, 0.29) is 6.61 Å². The van der Waals surface area contributed by atoms with Crippen LogP contribution in [0.1, 0.15) is 11.1 Å². The molecule has 0 saturated heterocycles. The highest BCUT2D eigenvalue weighted by Crippen LogP contribution is 2.02. The van der Waals surface area contributed by atoms with Crippen molar-refractivity contribution in [2.45, 2.75) is 13.3 Å². The Morgan fingerprint density at radius 2 is 1.79 bits per heavy atom. The van der Waals surface area contributed by atoms with Crippen LogP contribution in [0.5, 0.6) is 0 Å². The van der Waals surface area contributed by atoms with Gasteiger partial charge in [0.15, 0.2) is 0 Å². The lowest BCUT2D eigenvalue weighted by atomic mass is 10.1. The van der Waals surface area contributed by atoms with E-state index in [9.17, 15) is 0 Å². The SMILES string of the molecule is Cc1ccc(CCO)cc1.O=[N+]([O-])O. The second kappa shape index (κ2) is 6.85. The quantitative estimate of drug-likeness (QED) is 0.553. The molecule has 0 bridgehead atoms. The van der Waals surface area contributed by atoms with E-state index in [1.54, 1.807) is 0 Å². The Kier molecular flexibility index (Phi) is 6.06. The predicted octanol–water partition coefficient (Wildman–Crippen LogP) is 1.18. The number of hydrogen-bond donors (Lipinski definition) is 2. The average molecular weight is 199 g/mol. The summed E-state index contributed by atoms with van der Waals surface area (Å²) >= 11 is 0. The van der Waals surface area contributed by atoms with Gasteiger partial charge in [-0.1, -0.05) is 29.8 Å². The number of benzene rings is 1. The Hall–Kier alpha value is -1.62. The van der Waals surface area contributed by atoms with Crippen molar-refractivity contribution in [3.63, 3.8) is 0 Å². The maximum Gasteiger partial charge on any atom is 0.291 e. The van der Waals surface area contributed by atoms with Crippen LogP contribution in [0.25, 0.3) is 0 Å². The van der Waals surface area contributed by atoms with E-state index in [0.717, 1.165) is 6.42 Å². The molecule has 14 heavy (non-hydrogen) atoms. The zero-order valence-electron chi connectivity index (χ0n) is 7.88. The molecular formula is C9H13NO4. The molecule has 0 unspecified atom stereocenters. The second-order valence-corrected chi connectivity index (χ2v) is 2.70. The van der Waals surface area contributed by atoms with Crippen molar-refractivity contribution >= 4 is 0 Å². The van der Waals surface area contributed by atoms with E-state index < -0.39 is 5.09 Å². The Bertz CT molecular complexity index is 267. The molecule has 0 aliphatic heterocycles. The van der Waals surface area contributed by atoms with Crippen molar-refractivity contribution < 1.29 is 15.4 Å². The summed E-state index contributed by atoms with van der Waals surface area (Å²) in [7, 11) is 0. The Balaban J connectivity index is 0.000000364. The first kappa shape index (κ1) is 12.4. The molecule has 5 heteroatoms. The number of aliphatic hydroxyl groups excluding tert-OH is 1. The van der Waals surface area contributed by atoms with Gasteiger partial charge in [-0.15, -0.1) is 10.1 Å². The van der Waals surface area contributed by atoms with Crippen LogP contribution in [0.4, 0.5) is 0 Å². The third-order valence-electron chi connectivity index (χ3n) is 1.52. The topological polar surface area (TPSA) is 83.6 Å². The van der Waals surface area contributed by atoms with E-state index in [0.29, 0.717) is 0 Å². The summed E-state index contributed by atoms with van der Waals surface area (Å²) in [6, 6.07) is 8.22. The molecule has 0 aliphatic rings. The summed E-state index contributed by atoms with van der Waals surface area (Å²) in [5.74, 6) is 0. The molecule has 0 spiro atoms. The zero-order chi connectivity index (χ0) is 11.0. The van der Waals surface area contributed by atoms with Gasteiger partial charge in [0.05, 0.1) is 0 Å². The minimum atomic E-state index is -1.50. The van der Waals surface area contributed by atoms with Crippen molar-refractivity contribution in [1.29, 1.82) is 0 Å². The van der Waals surface area contributed by atoms with E-state index >= 15 is 0 Å². The molecule has 0 aromatic heterocycles. The molecule has 0 aliphatic carbocycles. The summed E-state index contributed by atoms with van der Waals surface area (Å²) < 4.78 is 0. The lowest BCUT2D eigenvalue weighted by Gasteiger charge is -1.96. The Labute approximate surface area is 81.7 Å². The first-order valence-electron chi connectivity index (χ1n) is 4.06. The lowest BCUT2D eigenvalue weighted by molar-refractivity contribution is -0.742. The van der Waals surface area contributed by atoms with Gasteiger partial charge in [0.1, 0.15) is 0 Å². The highest BCUT2D eigenvalue weighted by Gasteiger charge is 1.88. The van der Waals surface area contributed by atoms with Crippen molar-refractivity contribution in [2.75, 3.05) is 6.61 Å². The Morgan fingerprint density at radius 1 is 1.36 bits per heavy atom. The van der Waals surface area contributed by atoms with Crippen LogP contribution in [0.15, 0.2) is 24.3 Å². The molecule has 0 saturated carbocycles. The van der Waals surface area contributed by atoms with Crippen LogP contribution in [0.2, 0.25) is 0 Å². The number of aliphatic hydroxyl groups is 1. The van der Waals surface area contributed by atoms with Gasteiger partial charge in [-0.05, 0) is 18.9 Å². The normalized spacial score (nSPS) is 8.71. The van der Waals surface area contributed by atoms with Crippen LogP contribution in [-0.2, 0) is 6.42 Å². The number of hydrogen-bond acceptors (Lipinski definition) is 3. The van der Waals surface area contributed by atoms with Gasteiger partial charge < -0.3 is 10.3 Å². The molecule has 78 valence electrons. The fraction of sp³-hybridized carbons (Fsp3) is 0.333. The van der Waals surface area contributed by atoms with E-state index in [1.807, 2.05) is 12.1 Å². The van der Waals surface area contributed by atoms with Crippen LogP contribution < -0.4 is 0 Å². The highest BCUT2D eigenvalue weighted by atomic mass is 16.9. The average Bonchev–Trinajstić information content (AvgIpc) is 2.08. The lowest BCUT2D eigenvalue weighted by Crippen LogP contribution is -1.89. The molecule has 0 fully saturated rings. The monoisotopic (exact) mass is 199 g/mol. The number of rotatable bonds is 2. The minimum absolute atomic E-state index is 0.239. The highest BCUT2D eigenvalue weighted by molar-refractivity contribution is 5.21. The Morgan fingerprint density at radius 3 is 2.14 bits per heavy atom. The van der Waals surface area contributed by atoms with E-state index in [4.69, 9.17) is 20.4 Å². The summed E-state index contributed by atoms with van der Waals surface area (Å²) in [4.78, 5) is 8.36. The predicted molar refractivity (Wildman–Crippen MR) is 50.7 cm³/mol. The summed E-state index contributed by atoms with van der Waals surface area (Å²) in [5.41, 5.74) is 2.47. The first-order valence-corrected chi connectivity index (χ1v) is 4.06.